The zero-order valence-electron chi connectivity index (χ0n) is 11.4. The topological polar surface area (TPSA) is 70.0 Å². The molecule has 1 N–H and O–H groups in total. The second kappa shape index (κ2) is 7.27. The molecule has 0 aliphatic heterocycles. The quantitative estimate of drug-likeness (QED) is 0.775. The number of rotatable bonds is 7. The van der Waals surface area contributed by atoms with Gasteiger partial charge < -0.3 is 5.32 Å². The maximum atomic E-state index is 12.0. The SMILES string of the molecule is CC(C)CCNCCS(=O)(=O)c1cccc(C#N)c1. The maximum absolute atomic E-state index is 12.0. The Labute approximate surface area is 115 Å². The van der Waals surface area contributed by atoms with E-state index in [9.17, 15) is 8.42 Å². The standard InChI is InChI=1S/C14H20N2O2S/c1-12(2)6-7-16-8-9-19(17,18)14-5-3-4-13(10-14)11-15/h3-5,10,12,16H,6-9H2,1-2H3. The Balaban J connectivity index is 2.54. The number of nitrogens with zero attached hydrogens (tertiary/aromatic N) is 1. The molecule has 19 heavy (non-hydrogen) atoms. The highest BCUT2D eigenvalue weighted by molar-refractivity contribution is 7.91. The Kier molecular flexibility index (Phi) is 6.00. The van der Waals surface area contributed by atoms with Gasteiger partial charge in [0, 0.05) is 6.54 Å². The number of nitriles is 1. The van der Waals surface area contributed by atoms with Crippen LogP contribution in [0, 0.1) is 17.2 Å². The van der Waals surface area contributed by atoms with E-state index in [1.807, 2.05) is 6.07 Å². The van der Waals surface area contributed by atoms with Crippen LogP contribution in [0.5, 0.6) is 0 Å². The molecule has 4 nitrogen and oxygen atoms in total. The molecule has 0 amide bonds. The van der Waals surface area contributed by atoms with E-state index in [1.165, 1.54) is 12.1 Å². The Morgan fingerprint density at radius 1 is 1.32 bits per heavy atom. The van der Waals surface area contributed by atoms with E-state index in [1.54, 1.807) is 12.1 Å². The summed E-state index contributed by atoms with van der Waals surface area (Å²) in [5.41, 5.74) is 0.369. The van der Waals surface area contributed by atoms with Crippen molar-refractivity contribution >= 4 is 9.84 Å². The van der Waals surface area contributed by atoms with Crippen LogP contribution in [0.3, 0.4) is 0 Å². The Morgan fingerprint density at radius 2 is 2.05 bits per heavy atom. The van der Waals surface area contributed by atoms with Crippen LogP contribution >= 0.6 is 0 Å². The molecule has 0 bridgehead atoms. The predicted octanol–water partition coefficient (Wildman–Crippen LogP) is 1.97. The van der Waals surface area contributed by atoms with Gasteiger partial charge in [0.15, 0.2) is 9.84 Å². The molecule has 0 unspecified atom stereocenters. The van der Waals surface area contributed by atoms with Gasteiger partial charge in [0.05, 0.1) is 22.3 Å². The highest BCUT2D eigenvalue weighted by Crippen LogP contribution is 2.12. The van der Waals surface area contributed by atoms with E-state index >= 15 is 0 Å². The van der Waals surface area contributed by atoms with Gasteiger partial charge >= 0.3 is 0 Å². The van der Waals surface area contributed by atoms with Gasteiger partial charge in [-0.2, -0.15) is 5.26 Å². The minimum absolute atomic E-state index is 0.0555. The van der Waals surface area contributed by atoms with Crippen LogP contribution in [-0.2, 0) is 9.84 Å². The summed E-state index contributed by atoms with van der Waals surface area (Å²) in [4.78, 5) is 0.220. The van der Waals surface area contributed by atoms with Crippen molar-refractivity contribution < 1.29 is 8.42 Å². The molecule has 1 rings (SSSR count). The average Bonchev–Trinajstić information content (AvgIpc) is 2.38. The second-order valence-corrected chi connectivity index (χ2v) is 7.00. The molecule has 1 aromatic carbocycles. The number of hydrogen-bond donors (Lipinski definition) is 1. The van der Waals surface area contributed by atoms with Gasteiger partial charge in [-0.15, -0.1) is 0 Å². The monoisotopic (exact) mass is 280 g/mol. The fraction of sp³-hybridized carbons (Fsp3) is 0.500. The zero-order valence-corrected chi connectivity index (χ0v) is 12.2. The van der Waals surface area contributed by atoms with E-state index in [0.29, 0.717) is 18.0 Å². The molecule has 5 heteroatoms. The van der Waals surface area contributed by atoms with E-state index in [0.717, 1.165) is 13.0 Å². The van der Waals surface area contributed by atoms with Gasteiger partial charge in [-0.25, -0.2) is 8.42 Å². The molecule has 0 aliphatic carbocycles. The van der Waals surface area contributed by atoms with Crippen molar-refractivity contribution in [3.63, 3.8) is 0 Å². The van der Waals surface area contributed by atoms with Gasteiger partial charge in [0.1, 0.15) is 0 Å². The smallest absolute Gasteiger partial charge is 0.179 e. The summed E-state index contributed by atoms with van der Waals surface area (Å²) in [5.74, 6) is 0.663. The van der Waals surface area contributed by atoms with Crippen molar-refractivity contribution in [3.8, 4) is 6.07 Å². The normalized spacial score (nSPS) is 11.5. The number of hydrogen-bond acceptors (Lipinski definition) is 4. The van der Waals surface area contributed by atoms with Crippen LogP contribution in [0.2, 0.25) is 0 Å². The summed E-state index contributed by atoms with van der Waals surface area (Å²) in [7, 11) is -3.31. The molecule has 0 spiro atoms. The van der Waals surface area contributed by atoms with Gasteiger partial charge in [-0.05, 0) is 37.1 Å². The molecule has 0 aromatic heterocycles. The summed E-state index contributed by atoms with van der Waals surface area (Å²) in [6, 6.07) is 8.09. The van der Waals surface area contributed by atoms with Crippen molar-refractivity contribution in [2.75, 3.05) is 18.8 Å². The molecule has 0 fully saturated rings. The van der Waals surface area contributed by atoms with Crippen molar-refractivity contribution in [1.82, 2.24) is 5.32 Å². The number of sulfone groups is 1. The first-order valence-electron chi connectivity index (χ1n) is 6.39. The lowest BCUT2D eigenvalue weighted by atomic mass is 10.1. The lowest BCUT2D eigenvalue weighted by molar-refractivity contribution is 0.543. The minimum Gasteiger partial charge on any atom is -0.316 e. The van der Waals surface area contributed by atoms with Crippen LogP contribution in [-0.4, -0.2) is 27.3 Å². The molecule has 0 aliphatic rings. The first kappa shape index (κ1) is 15.7. The molecule has 0 saturated carbocycles. The van der Waals surface area contributed by atoms with Gasteiger partial charge in [-0.1, -0.05) is 19.9 Å². The summed E-state index contributed by atoms with van der Waals surface area (Å²) in [6.07, 6.45) is 1.03. The van der Waals surface area contributed by atoms with E-state index in [-0.39, 0.29) is 10.6 Å². The summed E-state index contributed by atoms with van der Waals surface area (Å²) < 4.78 is 24.1. The molecular formula is C14H20N2O2S. The molecule has 0 heterocycles. The summed E-state index contributed by atoms with van der Waals surface area (Å²) >= 11 is 0. The summed E-state index contributed by atoms with van der Waals surface area (Å²) in [5, 5.41) is 11.9. The molecule has 1 aromatic rings. The van der Waals surface area contributed by atoms with Crippen LogP contribution in [0.15, 0.2) is 29.2 Å². The van der Waals surface area contributed by atoms with E-state index in [4.69, 9.17) is 5.26 Å². The van der Waals surface area contributed by atoms with E-state index < -0.39 is 9.84 Å². The van der Waals surface area contributed by atoms with Crippen molar-refractivity contribution in [3.05, 3.63) is 29.8 Å². The third kappa shape index (κ3) is 5.41. The summed E-state index contributed by atoms with van der Waals surface area (Å²) in [6.45, 7) is 5.52. The Morgan fingerprint density at radius 3 is 2.68 bits per heavy atom. The molecular weight excluding hydrogens is 260 g/mol. The van der Waals surface area contributed by atoms with Crippen LogP contribution in [0.4, 0.5) is 0 Å². The first-order valence-corrected chi connectivity index (χ1v) is 8.04. The predicted molar refractivity (Wildman–Crippen MR) is 75.5 cm³/mol. The lowest BCUT2D eigenvalue weighted by Crippen LogP contribution is -2.24. The Hall–Kier alpha value is -1.38. The van der Waals surface area contributed by atoms with Crippen LogP contribution in [0.1, 0.15) is 25.8 Å². The maximum Gasteiger partial charge on any atom is 0.179 e. The van der Waals surface area contributed by atoms with Crippen molar-refractivity contribution in [2.45, 2.75) is 25.2 Å². The molecule has 0 saturated heterocycles. The zero-order chi connectivity index (χ0) is 14.3. The molecule has 104 valence electrons. The first-order chi connectivity index (χ1) is 8.95. The van der Waals surface area contributed by atoms with Crippen molar-refractivity contribution in [2.24, 2.45) is 5.92 Å². The van der Waals surface area contributed by atoms with Gasteiger partial charge in [0.25, 0.3) is 0 Å². The number of benzene rings is 1. The average molecular weight is 280 g/mol. The fourth-order valence-corrected chi connectivity index (χ4v) is 2.84. The highest BCUT2D eigenvalue weighted by atomic mass is 32.2. The Bertz CT molecular complexity index is 545. The van der Waals surface area contributed by atoms with Gasteiger partial charge in [-0.3, -0.25) is 0 Å². The molecule has 0 radical (unpaired) electrons. The lowest BCUT2D eigenvalue weighted by Gasteiger charge is -2.08. The highest BCUT2D eigenvalue weighted by Gasteiger charge is 2.14. The van der Waals surface area contributed by atoms with Crippen LogP contribution in [0.25, 0.3) is 0 Å². The number of nitrogens with one attached hydrogen (secondary N) is 1. The third-order valence-corrected chi connectivity index (χ3v) is 4.48. The molecule has 0 atom stereocenters. The second-order valence-electron chi connectivity index (χ2n) is 4.89. The fourth-order valence-electron chi connectivity index (χ4n) is 1.60. The van der Waals surface area contributed by atoms with Gasteiger partial charge in [0.2, 0.25) is 0 Å². The minimum atomic E-state index is -3.31. The third-order valence-electron chi connectivity index (χ3n) is 2.77. The van der Waals surface area contributed by atoms with E-state index in [2.05, 4.69) is 19.2 Å². The van der Waals surface area contributed by atoms with Crippen molar-refractivity contribution in [1.29, 1.82) is 5.26 Å². The largest absolute Gasteiger partial charge is 0.316 e. The van der Waals surface area contributed by atoms with Crippen LogP contribution < -0.4 is 5.32 Å².